The van der Waals surface area contributed by atoms with Gasteiger partial charge in [0.25, 0.3) is 5.91 Å². The van der Waals surface area contributed by atoms with Crippen LogP contribution >= 0.6 is 23.2 Å². The fraction of sp³-hybridized carbons (Fsp3) is 0.292. The van der Waals surface area contributed by atoms with Crippen molar-refractivity contribution in [3.05, 3.63) is 63.8 Å². The third-order valence-corrected chi connectivity index (χ3v) is 5.46. The summed E-state index contributed by atoms with van der Waals surface area (Å²) in [4.78, 5) is 23.5. The van der Waals surface area contributed by atoms with Crippen molar-refractivity contribution in [1.82, 2.24) is 14.9 Å². The summed E-state index contributed by atoms with van der Waals surface area (Å²) < 4.78 is 11.2. The van der Waals surface area contributed by atoms with E-state index >= 15 is 0 Å². The molecule has 0 radical (unpaired) electrons. The summed E-state index contributed by atoms with van der Waals surface area (Å²) in [6.45, 7) is 3.59. The summed E-state index contributed by atoms with van der Waals surface area (Å²) in [5.74, 6) is 0.719. The molecule has 0 bridgehead atoms. The molecule has 3 aromatic rings. The highest BCUT2D eigenvalue weighted by Crippen LogP contribution is 2.31. The fourth-order valence-electron chi connectivity index (χ4n) is 3.12. The number of nitrogens with zero attached hydrogens (tertiary/aromatic N) is 3. The molecule has 0 atom stereocenters. The highest BCUT2D eigenvalue weighted by molar-refractivity contribution is 6.40. The topological polar surface area (TPSA) is 88.6 Å². The molecule has 0 aliphatic carbocycles. The zero-order valence-electron chi connectivity index (χ0n) is 19.5. The Morgan fingerprint density at radius 3 is 2.53 bits per heavy atom. The van der Waals surface area contributed by atoms with Crippen LogP contribution in [0.15, 0.2) is 42.6 Å². The first-order chi connectivity index (χ1) is 16.3. The molecule has 0 aliphatic heterocycles. The maximum atomic E-state index is 12.8. The van der Waals surface area contributed by atoms with Crippen LogP contribution in [-0.4, -0.2) is 55.1 Å². The number of benzene rings is 2. The van der Waals surface area contributed by atoms with Gasteiger partial charge in [-0.15, -0.1) is 0 Å². The third kappa shape index (κ3) is 6.72. The number of aryl methyl sites for hydroxylation is 1. The molecule has 1 aromatic heterocycles. The molecule has 2 N–H and O–H groups in total. The van der Waals surface area contributed by atoms with Crippen LogP contribution < -0.4 is 20.1 Å². The minimum absolute atomic E-state index is 0.107. The lowest BCUT2D eigenvalue weighted by Crippen LogP contribution is -2.16. The number of hydrogen-bond acceptors (Lipinski definition) is 7. The van der Waals surface area contributed by atoms with Crippen molar-refractivity contribution in [2.24, 2.45) is 0 Å². The number of ether oxygens (including phenoxy) is 2. The quantitative estimate of drug-likeness (QED) is 0.356. The highest BCUT2D eigenvalue weighted by atomic mass is 35.5. The Labute approximate surface area is 209 Å². The highest BCUT2D eigenvalue weighted by Gasteiger charge is 2.18. The van der Waals surface area contributed by atoms with E-state index in [0.29, 0.717) is 22.3 Å². The van der Waals surface area contributed by atoms with Crippen molar-refractivity contribution in [3.8, 4) is 11.6 Å². The summed E-state index contributed by atoms with van der Waals surface area (Å²) >= 11 is 12.3. The molecule has 0 spiro atoms. The second-order valence-corrected chi connectivity index (χ2v) is 8.59. The van der Waals surface area contributed by atoms with Crippen LogP contribution in [0.3, 0.4) is 0 Å². The van der Waals surface area contributed by atoms with Gasteiger partial charge in [0.15, 0.2) is 0 Å². The second-order valence-electron chi connectivity index (χ2n) is 7.78. The molecule has 180 valence electrons. The van der Waals surface area contributed by atoms with Gasteiger partial charge in [-0.25, -0.2) is 4.98 Å². The lowest BCUT2D eigenvalue weighted by Gasteiger charge is -2.14. The second kappa shape index (κ2) is 11.9. The van der Waals surface area contributed by atoms with Gasteiger partial charge in [0.05, 0.1) is 29.4 Å². The van der Waals surface area contributed by atoms with Crippen molar-refractivity contribution < 1.29 is 14.3 Å². The SMILES string of the molecule is COc1nc(Nc2ccc(OCCCN(C)C)c(C)c2)ncc1C(=O)Nc1c(Cl)cccc1Cl. The Balaban J connectivity index is 1.69. The average molecular weight is 504 g/mol. The van der Waals surface area contributed by atoms with Gasteiger partial charge in [-0.3, -0.25) is 4.79 Å². The lowest BCUT2D eigenvalue weighted by atomic mass is 10.2. The van der Waals surface area contributed by atoms with Gasteiger partial charge in [-0.05, 0) is 63.3 Å². The number of carbonyl (C=O) groups excluding carboxylic acids is 1. The number of rotatable bonds is 10. The van der Waals surface area contributed by atoms with Crippen molar-refractivity contribution >= 4 is 46.4 Å². The van der Waals surface area contributed by atoms with Crippen LogP contribution in [0.2, 0.25) is 10.0 Å². The minimum Gasteiger partial charge on any atom is -0.493 e. The Hall–Kier alpha value is -3.07. The van der Waals surface area contributed by atoms with Crippen molar-refractivity contribution in [3.63, 3.8) is 0 Å². The summed E-state index contributed by atoms with van der Waals surface area (Å²) in [5.41, 5.74) is 2.20. The zero-order valence-corrected chi connectivity index (χ0v) is 21.0. The number of halogens is 2. The van der Waals surface area contributed by atoms with Crippen LogP contribution in [0.4, 0.5) is 17.3 Å². The smallest absolute Gasteiger partial charge is 0.262 e. The number of para-hydroxylation sites is 1. The van der Waals surface area contributed by atoms with Crippen LogP contribution in [0.1, 0.15) is 22.3 Å². The van der Waals surface area contributed by atoms with Gasteiger partial charge in [0.2, 0.25) is 11.8 Å². The predicted molar refractivity (Wildman–Crippen MR) is 136 cm³/mol. The van der Waals surface area contributed by atoms with Crippen LogP contribution in [0, 0.1) is 6.92 Å². The monoisotopic (exact) mass is 503 g/mol. The molecule has 34 heavy (non-hydrogen) atoms. The van der Waals surface area contributed by atoms with E-state index in [4.69, 9.17) is 32.7 Å². The predicted octanol–water partition coefficient (Wildman–Crippen LogP) is 5.43. The molecule has 0 fully saturated rings. The first-order valence-electron chi connectivity index (χ1n) is 10.6. The van der Waals surface area contributed by atoms with Gasteiger partial charge in [-0.2, -0.15) is 4.98 Å². The molecule has 0 aliphatic rings. The number of methoxy groups -OCH3 is 1. The molecule has 2 aromatic carbocycles. The third-order valence-electron chi connectivity index (χ3n) is 4.83. The standard InChI is InChI=1S/C24H27Cl2N5O3/c1-15-13-16(9-10-20(15)34-12-6-11-31(2)3)28-24-27-14-17(23(30-24)33-4)22(32)29-21-18(25)7-5-8-19(21)26/h5,7-10,13-14H,6,11-12H2,1-4H3,(H,29,32)(H,27,28,30). The summed E-state index contributed by atoms with van der Waals surface area (Å²) in [7, 11) is 5.50. The summed E-state index contributed by atoms with van der Waals surface area (Å²) in [6.07, 6.45) is 2.33. The van der Waals surface area contributed by atoms with Crippen molar-refractivity contribution in [2.45, 2.75) is 13.3 Å². The number of anilines is 3. The lowest BCUT2D eigenvalue weighted by molar-refractivity contribution is 0.102. The molecule has 3 rings (SSSR count). The van der Waals surface area contributed by atoms with E-state index in [-0.39, 0.29) is 17.4 Å². The van der Waals surface area contributed by atoms with E-state index in [2.05, 4.69) is 25.5 Å². The van der Waals surface area contributed by atoms with Gasteiger partial charge in [0.1, 0.15) is 11.3 Å². The molecular weight excluding hydrogens is 477 g/mol. The zero-order chi connectivity index (χ0) is 24.7. The fourth-order valence-corrected chi connectivity index (χ4v) is 3.61. The Kier molecular flexibility index (Phi) is 8.92. The number of nitrogens with one attached hydrogen (secondary N) is 2. The summed E-state index contributed by atoms with van der Waals surface area (Å²) in [6, 6.07) is 10.7. The largest absolute Gasteiger partial charge is 0.493 e. The maximum absolute atomic E-state index is 12.8. The number of hydrogen-bond donors (Lipinski definition) is 2. The van der Waals surface area contributed by atoms with Gasteiger partial charge >= 0.3 is 0 Å². The Bertz CT molecular complexity index is 1140. The van der Waals surface area contributed by atoms with E-state index in [9.17, 15) is 4.79 Å². The minimum atomic E-state index is -0.495. The molecule has 1 heterocycles. The average Bonchev–Trinajstić information content (AvgIpc) is 2.80. The molecule has 0 unspecified atom stereocenters. The Morgan fingerprint density at radius 2 is 1.88 bits per heavy atom. The van der Waals surface area contributed by atoms with Gasteiger partial charge in [-0.1, -0.05) is 29.3 Å². The molecule has 0 saturated carbocycles. The molecule has 0 saturated heterocycles. The van der Waals surface area contributed by atoms with Gasteiger partial charge < -0.3 is 25.0 Å². The first kappa shape index (κ1) is 25.6. The molecule has 10 heteroatoms. The van der Waals surface area contributed by atoms with E-state index in [1.165, 1.54) is 13.3 Å². The van der Waals surface area contributed by atoms with Crippen LogP contribution in [-0.2, 0) is 0 Å². The summed E-state index contributed by atoms with van der Waals surface area (Å²) in [5, 5.41) is 6.44. The van der Waals surface area contributed by atoms with E-state index in [1.54, 1.807) is 18.2 Å². The van der Waals surface area contributed by atoms with Crippen LogP contribution in [0.5, 0.6) is 11.6 Å². The Morgan fingerprint density at radius 1 is 1.15 bits per heavy atom. The van der Waals surface area contributed by atoms with Crippen LogP contribution in [0.25, 0.3) is 0 Å². The molecular formula is C24H27Cl2N5O3. The molecule has 1 amide bonds. The van der Waals surface area contributed by atoms with E-state index in [1.807, 2.05) is 39.2 Å². The van der Waals surface area contributed by atoms with Crippen molar-refractivity contribution in [2.75, 3.05) is 45.0 Å². The first-order valence-corrected chi connectivity index (χ1v) is 11.4. The van der Waals surface area contributed by atoms with E-state index < -0.39 is 5.91 Å². The number of amides is 1. The normalized spacial score (nSPS) is 10.8. The number of aromatic nitrogens is 2. The number of carbonyl (C=O) groups is 1. The maximum Gasteiger partial charge on any atom is 0.262 e. The van der Waals surface area contributed by atoms with Gasteiger partial charge in [0, 0.05) is 18.4 Å². The van der Waals surface area contributed by atoms with Crippen molar-refractivity contribution in [1.29, 1.82) is 0 Å². The molecule has 8 nitrogen and oxygen atoms in total. The van der Waals surface area contributed by atoms with E-state index in [0.717, 1.165) is 30.0 Å².